The Morgan fingerprint density at radius 1 is 1.06 bits per heavy atom. The van der Waals surface area contributed by atoms with Crippen LogP contribution in [0.3, 0.4) is 0 Å². The van der Waals surface area contributed by atoms with Crippen LogP contribution in [0.4, 0.5) is 0 Å². The first-order valence-corrected chi connectivity index (χ1v) is 7.71. The van der Waals surface area contributed by atoms with Gasteiger partial charge < -0.3 is 5.11 Å². The van der Waals surface area contributed by atoms with Gasteiger partial charge in [-0.2, -0.15) is 0 Å². The monoisotopic (exact) mass is 250 g/mol. The Bertz CT molecular complexity index is 312. The van der Waals surface area contributed by atoms with Crippen LogP contribution in [0.1, 0.15) is 38.5 Å². The number of thioether (sulfide) groups is 1. The predicted molar refractivity (Wildman–Crippen MR) is 74.4 cm³/mol. The molecule has 1 aromatic rings. The molecule has 0 bridgehead atoms. The molecular weight excluding hydrogens is 228 g/mol. The quantitative estimate of drug-likeness (QED) is 0.641. The summed E-state index contributed by atoms with van der Waals surface area (Å²) in [5.74, 6) is 1.67. The minimum Gasteiger partial charge on any atom is -0.393 e. The predicted octanol–water partition coefficient (Wildman–Crippen LogP) is 4.11. The van der Waals surface area contributed by atoms with Crippen molar-refractivity contribution in [1.82, 2.24) is 0 Å². The van der Waals surface area contributed by atoms with Crippen LogP contribution in [0, 0.1) is 5.92 Å². The van der Waals surface area contributed by atoms with Crippen molar-refractivity contribution in [3.8, 4) is 0 Å². The lowest BCUT2D eigenvalue weighted by atomic mass is 9.95. The van der Waals surface area contributed by atoms with Crippen molar-refractivity contribution < 1.29 is 5.11 Å². The van der Waals surface area contributed by atoms with Gasteiger partial charge in [0.15, 0.2) is 0 Å². The third-order valence-electron chi connectivity index (χ3n) is 3.62. The summed E-state index contributed by atoms with van der Waals surface area (Å²) in [7, 11) is 0. The minimum atomic E-state index is -0.0473. The van der Waals surface area contributed by atoms with Gasteiger partial charge in [-0.25, -0.2) is 0 Å². The molecule has 0 saturated heterocycles. The summed E-state index contributed by atoms with van der Waals surface area (Å²) in [5, 5.41) is 10.0. The maximum Gasteiger partial charge on any atom is 0.0568 e. The van der Waals surface area contributed by atoms with Gasteiger partial charge in [0.2, 0.25) is 0 Å². The molecule has 0 spiro atoms. The van der Waals surface area contributed by atoms with Gasteiger partial charge in [0.25, 0.3) is 0 Å². The normalized spacial score (nSPS) is 25.5. The number of hydrogen-bond acceptors (Lipinski definition) is 2. The average molecular weight is 250 g/mol. The second-order valence-electron chi connectivity index (χ2n) is 4.92. The van der Waals surface area contributed by atoms with Crippen molar-refractivity contribution in [2.75, 3.05) is 5.75 Å². The Morgan fingerprint density at radius 2 is 1.82 bits per heavy atom. The van der Waals surface area contributed by atoms with Crippen LogP contribution in [0.5, 0.6) is 0 Å². The number of aliphatic hydroxyl groups excluding tert-OH is 1. The van der Waals surface area contributed by atoms with Crippen LogP contribution in [0.2, 0.25) is 0 Å². The molecule has 1 N–H and O–H groups in total. The van der Waals surface area contributed by atoms with Crippen LogP contribution in [-0.4, -0.2) is 17.0 Å². The van der Waals surface area contributed by atoms with Gasteiger partial charge in [-0.3, -0.25) is 0 Å². The highest BCUT2D eigenvalue weighted by molar-refractivity contribution is 7.99. The average Bonchev–Trinajstić information content (AvgIpc) is 2.56. The Labute approximate surface area is 109 Å². The van der Waals surface area contributed by atoms with E-state index in [-0.39, 0.29) is 6.10 Å². The number of hydrogen-bond donors (Lipinski definition) is 1. The first kappa shape index (κ1) is 13.0. The van der Waals surface area contributed by atoms with Crippen LogP contribution >= 0.6 is 11.8 Å². The molecule has 2 atom stereocenters. The smallest absolute Gasteiger partial charge is 0.0568 e. The van der Waals surface area contributed by atoms with E-state index in [0.29, 0.717) is 5.92 Å². The summed E-state index contributed by atoms with van der Waals surface area (Å²) in [6.45, 7) is 0. The Balaban J connectivity index is 1.73. The van der Waals surface area contributed by atoms with Crippen molar-refractivity contribution in [1.29, 1.82) is 0 Å². The van der Waals surface area contributed by atoms with Gasteiger partial charge >= 0.3 is 0 Å². The zero-order valence-electron chi connectivity index (χ0n) is 10.3. The minimum absolute atomic E-state index is 0.0473. The van der Waals surface area contributed by atoms with E-state index in [0.717, 1.165) is 18.6 Å². The molecule has 0 amide bonds. The first-order valence-electron chi connectivity index (χ1n) is 6.72. The molecule has 1 fully saturated rings. The molecular formula is C15H22OS. The lowest BCUT2D eigenvalue weighted by Gasteiger charge is -2.19. The van der Waals surface area contributed by atoms with E-state index < -0.39 is 0 Å². The Morgan fingerprint density at radius 3 is 2.65 bits per heavy atom. The molecule has 1 nitrogen and oxygen atoms in total. The van der Waals surface area contributed by atoms with E-state index in [1.165, 1.54) is 30.6 Å². The number of aliphatic hydroxyl groups is 1. The third-order valence-corrected chi connectivity index (χ3v) is 4.66. The molecule has 1 aromatic carbocycles. The molecule has 0 radical (unpaired) electrons. The molecule has 1 saturated carbocycles. The molecule has 2 unspecified atom stereocenters. The van der Waals surface area contributed by atoms with E-state index in [2.05, 4.69) is 30.3 Å². The Kier molecular flexibility index (Phi) is 5.40. The summed E-state index contributed by atoms with van der Waals surface area (Å²) in [5.41, 5.74) is 0. The molecule has 1 aliphatic carbocycles. The second-order valence-corrected chi connectivity index (χ2v) is 6.08. The van der Waals surface area contributed by atoms with Crippen molar-refractivity contribution >= 4 is 11.8 Å². The maximum atomic E-state index is 10.0. The van der Waals surface area contributed by atoms with Crippen LogP contribution < -0.4 is 0 Å². The second kappa shape index (κ2) is 7.07. The van der Waals surface area contributed by atoms with Crippen molar-refractivity contribution in [2.45, 2.75) is 49.5 Å². The molecule has 2 heteroatoms. The number of rotatable bonds is 4. The largest absolute Gasteiger partial charge is 0.393 e. The van der Waals surface area contributed by atoms with Crippen molar-refractivity contribution in [3.63, 3.8) is 0 Å². The lowest BCUT2D eigenvalue weighted by molar-refractivity contribution is 0.0991. The highest BCUT2D eigenvalue weighted by Crippen LogP contribution is 2.28. The van der Waals surface area contributed by atoms with E-state index in [1.807, 2.05) is 11.8 Å². The van der Waals surface area contributed by atoms with Crippen molar-refractivity contribution in [3.05, 3.63) is 30.3 Å². The molecule has 0 heterocycles. The fourth-order valence-corrected chi connectivity index (χ4v) is 3.55. The summed E-state index contributed by atoms with van der Waals surface area (Å²) < 4.78 is 0. The van der Waals surface area contributed by atoms with Crippen molar-refractivity contribution in [2.24, 2.45) is 5.92 Å². The summed E-state index contributed by atoms with van der Waals surface area (Å²) >= 11 is 1.91. The highest BCUT2D eigenvalue weighted by atomic mass is 32.2. The van der Waals surface area contributed by atoms with Gasteiger partial charge in [-0.1, -0.05) is 37.5 Å². The Hall–Kier alpha value is -0.470. The van der Waals surface area contributed by atoms with Gasteiger partial charge in [-0.05, 0) is 43.1 Å². The van der Waals surface area contributed by atoms with E-state index >= 15 is 0 Å². The fourth-order valence-electron chi connectivity index (χ4n) is 2.55. The van der Waals surface area contributed by atoms with Gasteiger partial charge in [0.1, 0.15) is 0 Å². The van der Waals surface area contributed by atoms with Crippen LogP contribution in [0.25, 0.3) is 0 Å². The first-order chi connectivity index (χ1) is 8.36. The van der Waals surface area contributed by atoms with Gasteiger partial charge in [0.05, 0.1) is 6.10 Å². The maximum absolute atomic E-state index is 10.0. The SMILES string of the molecule is OC1CCCCCC1CCSc1ccccc1. The molecule has 94 valence electrons. The fraction of sp³-hybridized carbons (Fsp3) is 0.600. The van der Waals surface area contributed by atoms with E-state index in [1.54, 1.807) is 0 Å². The molecule has 0 aliphatic heterocycles. The molecule has 17 heavy (non-hydrogen) atoms. The summed E-state index contributed by atoms with van der Waals surface area (Å²) in [6.07, 6.45) is 7.16. The summed E-state index contributed by atoms with van der Waals surface area (Å²) in [6, 6.07) is 10.5. The lowest BCUT2D eigenvalue weighted by Crippen LogP contribution is -2.19. The van der Waals surface area contributed by atoms with E-state index in [9.17, 15) is 5.11 Å². The third kappa shape index (κ3) is 4.36. The van der Waals surface area contributed by atoms with Crippen LogP contribution in [0.15, 0.2) is 35.2 Å². The summed E-state index contributed by atoms with van der Waals surface area (Å²) in [4.78, 5) is 1.34. The standard InChI is InChI=1S/C15H22OS/c16-15-10-6-1-3-7-13(15)11-12-17-14-8-4-2-5-9-14/h2,4-5,8-9,13,15-16H,1,3,6-7,10-12H2. The molecule has 1 aliphatic rings. The van der Waals surface area contributed by atoms with Crippen LogP contribution in [-0.2, 0) is 0 Å². The zero-order valence-corrected chi connectivity index (χ0v) is 11.2. The number of benzene rings is 1. The molecule has 0 aromatic heterocycles. The van der Waals surface area contributed by atoms with E-state index in [4.69, 9.17) is 0 Å². The topological polar surface area (TPSA) is 20.2 Å². The van der Waals surface area contributed by atoms with Gasteiger partial charge in [-0.15, -0.1) is 11.8 Å². The van der Waals surface area contributed by atoms with Gasteiger partial charge in [0, 0.05) is 4.90 Å². The highest BCUT2D eigenvalue weighted by Gasteiger charge is 2.20. The zero-order chi connectivity index (χ0) is 11.9. The molecule has 2 rings (SSSR count).